The molecule has 2 saturated heterocycles. The average molecular weight is 375 g/mol. The second-order valence-electron chi connectivity index (χ2n) is 8.84. The highest BCUT2D eigenvalue weighted by atomic mass is 32.2. The van der Waals surface area contributed by atoms with E-state index >= 15 is 0 Å². The Labute approximate surface area is 161 Å². The highest BCUT2D eigenvalue weighted by Crippen LogP contribution is 2.41. The zero-order chi connectivity index (χ0) is 18.8. The van der Waals surface area contributed by atoms with E-state index in [-0.39, 0.29) is 22.6 Å². The molecule has 4 nitrogen and oxygen atoms in total. The Balaban J connectivity index is 1.59. The summed E-state index contributed by atoms with van der Waals surface area (Å²) in [4.78, 5) is 30.9. The van der Waals surface area contributed by atoms with Crippen LogP contribution in [0.4, 0.5) is 0 Å². The van der Waals surface area contributed by atoms with E-state index in [1.807, 2.05) is 40.1 Å². The van der Waals surface area contributed by atoms with Crippen LogP contribution in [0, 0.1) is 10.8 Å². The van der Waals surface area contributed by atoms with Crippen LogP contribution in [-0.4, -0.2) is 53.5 Å². The minimum absolute atomic E-state index is 0.106. The first-order chi connectivity index (χ1) is 12.3. The summed E-state index contributed by atoms with van der Waals surface area (Å²) in [6.07, 6.45) is 2.78. The van der Waals surface area contributed by atoms with E-state index in [0.717, 1.165) is 37.2 Å². The van der Waals surface area contributed by atoms with Gasteiger partial charge in [-0.1, -0.05) is 39.0 Å². The highest BCUT2D eigenvalue weighted by molar-refractivity contribution is 8.00. The molecule has 2 fully saturated rings. The van der Waals surface area contributed by atoms with E-state index in [1.54, 1.807) is 11.8 Å². The Morgan fingerprint density at radius 3 is 2.58 bits per heavy atom. The normalized spacial score (nSPS) is 23.7. The van der Waals surface area contributed by atoms with Gasteiger partial charge in [0.1, 0.15) is 0 Å². The summed E-state index contributed by atoms with van der Waals surface area (Å²) in [5, 5.41) is 0. The standard InChI is InChI=1S/C21H30N2O2S/c1-20(2,3)15-23-12-7-10-21(19(23)25)11-13-22(16-21)18(24)14-26-17-8-5-4-6-9-17/h4-6,8-9H,7,10-16H2,1-3H3/t21-/m1/s1. The first-order valence-electron chi connectivity index (χ1n) is 9.54. The zero-order valence-corrected chi connectivity index (χ0v) is 17.0. The molecular formula is C21H30N2O2S. The lowest BCUT2D eigenvalue weighted by Crippen LogP contribution is -2.52. The third-order valence-electron chi connectivity index (χ3n) is 5.30. The molecule has 3 rings (SSSR count). The van der Waals surface area contributed by atoms with Crippen LogP contribution in [0.3, 0.4) is 0 Å². The number of nitrogens with zero attached hydrogens (tertiary/aromatic N) is 2. The maximum atomic E-state index is 13.2. The average Bonchev–Trinajstić information content (AvgIpc) is 3.02. The van der Waals surface area contributed by atoms with Crippen molar-refractivity contribution in [2.24, 2.45) is 10.8 Å². The fraction of sp³-hybridized carbons (Fsp3) is 0.619. The Bertz CT molecular complexity index is 656. The molecule has 1 spiro atoms. The Morgan fingerprint density at radius 1 is 1.15 bits per heavy atom. The van der Waals surface area contributed by atoms with Crippen LogP contribution in [0.2, 0.25) is 0 Å². The van der Waals surface area contributed by atoms with Crippen molar-refractivity contribution >= 4 is 23.6 Å². The van der Waals surface area contributed by atoms with Crippen molar-refractivity contribution in [2.75, 3.05) is 31.9 Å². The highest BCUT2D eigenvalue weighted by Gasteiger charge is 2.49. The van der Waals surface area contributed by atoms with Gasteiger partial charge in [0, 0.05) is 31.1 Å². The van der Waals surface area contributed by atoms with Crippen LogP contribution in [-0.2, 0) is 9.59 Å². The number of likely N-dealkylation sites (tertiary alicyclic amines) is 2. The van der Waals surface area contributed by atoms with Gasteiger partial charge in [-0.2, -0.15) is 0 Å². The number of hydrogen-bond acceptors (Lipinski definition) is 3. The fourth-order valence-corrected chi connectivity index (χ4v) is 4.91. The van der Waals surface area contributed by atoms with Gasteiger partial charge >= 0.3 is 0 Å². The molecule has 1 aromatic carbocycles. The quantitative estimate of drug-likeness (QED) is 0.755. The van der Waals surface area contributed by atoms with Crippen LogP contribution >= 0.6 is 11.8 Å². The first kappa shape index (κ1) is 19.3. The number of amides is 2. The lowest BCUT2D eigenvalue weighted by molar-refractivity contribution is -0.147. The molecule has 0 aromatic heterocycles. The summed E-state index contributed by atoms with van der Waals surface area (Å²) < 4.78 is 0. The van der Waals surface area contributed by atoms with Gasteiger partial charge in [0.15, 0.2) is 0 Å². The predicted octanol–water partition coefficient (Wildman–Crippen LogP) is 3.67. The van der Waals surface area contributed by atoms with Crippen molar-refractivity contribution in [1.82, 2.24) is 9.80 Å². The largest absolute Gasteiger partial charge is 0.342 e. The third kappa shape index (κ3) is 4.43. The van der Waals surface area contributed by atoms with Gasteiger partial charge in [-0.15, -0.1) is 11.8 Å². The topological polar surface area (TPSA) is 40.6 Å². The number of carbonyl (C=O) groups is 2. The van der Waals surface area contributed by atoms with Crippen molar-refractivity contribution < 1.29 is 9.59 Å². The number of piperidine rings is 1. The van der Waals surface area contributed by atoms with Gasteiger partial charge in [0.2, 0.25) is 11.8 Å². The lowest BCUT2D eigenvalue weighted by Gasteiger charge is -2.41. The van der Waals surface area contributed by atoms with Crippen molar-refractivity contribution in [2.45, 2.75) is 44.9 Å². The van der Waals surface area contributed by atoms with Gasteiger partial charge in [0.25, 0.3) is 0 Å². The first-order valence-corrected chi connectivity index (χ1v) is 10.5. The minimum Gasteiger partial charge on any atom is -0.342 e. The molecule has 0 aliphatic carbocycles. The van der Waals surface area contributed by atoms with Crippen molar-refractivity contribution in [3.63, 3.8) is 0 Å². The van der Waals surface area contributed by atoms with E-state index in [1.165, 1.54) is 0 Å². The molecular weight excluding hydrogens is 344 g/mol. The molecule has 1 aromatic rings. The van der Waals surface area contributed by atoms with Gasteiger partial charge in [0.05, 0.1) is 11.2 Å². The number of benzene rings is 1. The zero-order valence-electron chi connectivity index (χ0n) is 16.2. The maximum Gasteiger partial charge on any atom is 0.232 e. The van der Waals surface area contributed by atoms with E-state index in [0.29, 0.717) is 18.8 Å². The van der Waals surface area contributed by atoms with Gasteiger partial charge in [-0.3, -0.25) is 9.59 Å². The molecule has 142 valence electrons. The summed E-state index contributed by atoms with van der Waals surface area (Å²) in [5.41, 5.74) is -0.231. The summed E-state index contributed by atoms with van der Waals surface area (Å²) in [7, 11) is 0. The van der Waals surface area contributed by atoms with Crippen LogP contribution in [0.5, 0.6) is 0 Å². The Kier molecular flexibility index (Phi) is 5.66. The van der Waals surface area contributed by atoms with E-state index < -0.39 is 0 Å². The fourth-order valence-electron chi connectivity index (χ4n) is 4.09. The second-order valence-corrected chi connectivity index (χ2v) is 9.89. The molecule has 1 atom stereocenters. The smallest absolute Gasteiger partial charge is 0.232 e. The molecule has 5 heteroatoms. The number of carbonyl (C=O) groups excluding carboxylic acids is 2. The monoisotopic (exact) mass is 374 g/mol. The van der Waals surface area contributed by atoms with Crippen molar-refractivity contribution in [3.05, 3.63) is 30.3 Å². The summed E-state index contributed by atoms with van der Waals surface area (Å²) in [6, 6.07) is 10.0. The van der Waals surface area contributed by atoms with Crippen LogP contribution < -0.4 is 0 Å². The summed E-state index contributed by atoms with van der Waals surface area (Å²) >= 11 is 1.57. The summed E-state index contributed by atoms with van der Waals surface area (Å²) in [5.74, 6) is 0.862. The van der Waals surface area contributed by atoms with E-state index in [2.05, 4.69) is 20.8 Å². The summed E-state index contributed by atoms with van der Waals surface area (Å²) in [6.45, 7) is 9.48. The lowest BCUT2D eigenvalue weighted by atomic mass is 9.77. The molecule has 0 saturated carbocycles. The van der Waals surface area contributed by atoms with Crippen LogP contribution in [0.15, 0.2) is 35.2 Å². The molecule has 0 N–H and O–H groups in total. The molecule has 2 aliphatic rings. The molecule has 0 radical (unpaired) electrons. The molecule has 2 heterocycles. The Morgan fingerprint density at radius 2 is 1.88 bits per heavy atom. The number of rotatable bonds is 4. The third-order valence-corrected chi connectivity index (χ3v) is 6.30. The van der Waals surface area contributed by atoms with Gasteiger partial charge < -0.3 is 9.80 Å². The van der Waals surface area contributed by atoms with E-state index in [9.17, 15) is 9.59 Å². The maximum absolute atomic E-state index is 13.2. The molecule has 0 bridgehead atoms. The minimum atomic E-state index is -0.337. The van der Waals surface area contributed by atoms with Gasteiger partial charge in [-0.05, 0) is 36.8 Å². The molecule has 2 amide bonds. The molecule has 26 heavy (non-hydrogen) atoms. The second kappa shape index (κ2) is 7.63. The number of hydrogen-bond donors (Lipinski definition) is 0. The SMILES string of the molecule is CC(C)(C)CN1CCC[C@]2(CCN(C(=O)CSc3ccccc3)C2)C1=O. The number of thioether (sulfide) groups is 1. The Hall–Kier alpha value is -1.49. The molecule has 0 unspecified atom stereocenters. The van der Waals surface area contributed by atoms with Gasteiger partial charge in [-0.25, -0.2) is 0 Å². The molecule has 2 aliphatic heterocycles. The van der Waals surface area contributed by atoms with Crippen molar-refractivity contribution in [3.8, 4) is 0 Å². The van der Waals surface area contributed by atoms with Crippen LogP contribution in [0.25, 0.3) is 0 Å². The predicted molar refractivity (Wildman–Crippen MR) is 106 cm³/mol. The van der Waals surface area contributed by atoms with Crippen LogP contribution in [0.1, 0.15) is 40.0 Å². The van der Waals surface area contributed by atoms with E-state index in [4.69, 9.17) is 0 Å². The van der Waals surface area contributed by atoms with Crippen molar-refractivity contribution in [1.29, 1.82) is 0 Å².